The first-order valence-electron chi connectivity index (χ1n) is 5.02. The Hall–Kier alpha value is -0.0800. The fourth-order valence-electron chi connectivity index (χ4n) is 2.38. The Morgan fingerprint density at radius 2 is 1.92 bits per heavy atom. The van der Waals surface area contributed by atoms with Crippen molar-refractivity contribution >= 4 is 0 Å². The molecule has 0 aromatic heterocycles. The summed E-state index contributed by atoms with van der Waals surface area (Å²) in [6.07, 6.45) is 7.90. The highest BCUT2D eigenvalue weighted by atomic mass is 16.5. The summed E-state index contributed by atoms with van der Waals surface area (Å²) in [4.78, 5) is 0. The molecule has 0 saturated heterocycles. The molecular weight excluding hydrogens is 150 g/mol. The second-order valence-electron chi connectivity index (χ2n) is 4.03. The Balaban J connectivity index is 2.44. The molecule has 0 radical (unpaired) electrons. The largest absolute Gasteiger partial charge is 0.384 e. The van der Waals surface area contributed by atoms with Crippen LogP contribution in [0.5, 0.6) is 0 Å². The van der Waals surface area contributed by atoms with Crippen molar-refractivity contribution < 1.29 is 4.74 Å². The number of ether oxygens (including phenoxy) is 1. The molecule has 1 aliphatic rings. The van der Waals surface area contributed by atoms with Crippen molar-refractivity contribution in [3.05, 3.63) is 0 Å². The third-order valence-electron chi connectivity index (χ3n) is 3.04. The smallest absolute Gasteiger partial charge is 0.0519 e. The van der Waals surface area contributed by atoms with Crippen LogP contribution in [0.15, 0.2) is 0 Å². The van der Waals surface area contributed by atoms with Crippen LogP contribution in [0, 0.1) is 5.41 Å². The molecule has 0 heterocycles. The maximum Gasteiger partial charge on any atom is 0.0519 e. The molecule has 1 rings (SSSR count). The molecule has 0 aromatic rings. The van der Waals surface area contributed by atoms with Crippen LogP contribution < -0.4 is 5.73 Å². The molecule has 0 bridgehead atoms. The van der Waals surface area contributed by atoms with Gasteiger partial charge in [-0.15, -0.1) is 0 Å². The minimum atomic E-state index is 0.432. The van der Waals surface area contributed by atoms with Gasteiger partial charge >= 0.3 is 0 Å². The van der Waals surface area contributed by atoms with E-state index in [1.807, 2.05) is 0 Å². The Labute approximate surface area is 75.5 Å². The van der Waals surface area contributed by atoms with Crippen molar-refractivity contribution in [1.82, 2.24) is 0 Å². The molecule has 0 aliphatic heterocycles. The molecule has 2 nitrogen and oxygen atoms in total. The van der Waals surface area contributed by atoms with Crippen LogP contribution in [0.3, 0.4) is 0 Å². The van der Waals surface area contributed by atoms with Gasteiger partial charge in [0.05, 0.1) is 6.61 Å². The Morgan fingerprint density at radius 1 is 1.25 bits per heavy atom. The first-order chi connectivity index (χ1) is 5.83. The summed E-state index contributed by atoms with van der Waals surface area (Å²) in [6, 6.07) is 0. The minimum absolute atomic E-state index is 0.432. The van der Waals surface area contributed by atoms with Gasteiger partial charge in [0, 0.05) is 7.11 Å². The predicted molar refractivity (Wildman–Crippen MR) is 51.1 cm³/mol. The molecule has 0 aromatic carbocycles. The van der Waals surface area contributed by atoms with Crippen molar-refractivity contribution in [1.29, 1.82) is 0 Å². The molecule has 1 aliphatic carbocycles. The number of methoxy groups -OCH3 is 1. The van der Waals surface area contributed by atoms with Crippen molar-refractivity contribution in [2.75, 3.05) is 20.3 Å². The van der Waals surface area contributed by atoms with Gasteiger partial charge in [-0.1, -0.05) is 19.3 Å². The zero-order valence-corrected chi connectivity index (χ0v) is 8.14. The van der Waals surface area contributed by atoms with Gasteiger partial charge in [-0.3, -0.25) is 0 Å². The average Bonchev–Trinajstić information content (AvgIpc) is 2.07. The van der Waals surface area contributed by atoms with Crippen LogP contribution in [0.4, 0.5) is 0 Å². The van der Waals surface area contributed by atoms with E-state index in [2.05, 4.69) is 0 Å². The van der Waals surface area contributed by atoms with Crippen LogP contribution in [-0.4, -0.2) is 20.3 Å². The minimum Gasteiger partial charge on any atom is -0.384 e. The maximum atomic E-state index is 5.62. The zero-order chi connectivity index (χ0) is 8.86. The van der Waals surface area contributed by atoms with E-state index in [9.17, 15) is 0 Å². The molecule has 0 unspecified atom stereocenters. The monoisotopic (exact) mass is 171 g/mol. The quantitative estimate of drug-likeness (QED) is 0.701. The maximum absolute atomic E-state index is 5.62. The average molecular weight is 171 g/mol. The first kappa shape index (κ1) is 10.0. The topological polar surface area (TPSA) is 35.2 Å². The van der Waals surface area contributed by atoms with Crippen molar-refractivity contribution in [2.45, 2.75) is 38.5 Å². The number of hydrogen-bond acceptors (Lipinski definition) is 2. The third-order valence-corrected chi connectivity index (χ3v) is 3.04. The van der Waals surface area contributed by atoms with Crippen LogP contribution in [-0.2, 0) is 4.74 Å². The highest BCUT2D eigenvalue weighted by molar-refractivity contribution is 4.82. The van der Waals surface area contributed by atoms with E-state index >= 15 is 0 Å². The summed E-state index contributed by atoms with van der Waals surface area (Å²) in [5, 5.41) is 0. The molecule has 0 amide bonds. The lowest BCUT2D eigenvalue weighted by Gasteiger charge is -2.36. The van der Waals surface area contributed by atoms with Gasteiger partial charge in [0.1, 0.15) is 0 Å². The lowest BCUT2D eigenvalue weighted by Crippen LogP contribution is -2.31. The van der Waals surface area contributed by atoms with Crippen LogP contribution in [0.1, 0.15) is 38.5 Å². The molecule has 12 heavy (non-hydrogen) atoms. The van der Waals surface area contributed by atoms with Crippen molar-refractivity contribution in [3.63, 3.8) is 0 Å². The van der Waals surface area contributed by atoms with Crippen molar-refractivity contribution in [2.24, 2.45) is 11.1 Å². The summed E-state index contributed by atoms with van der Waals surface area (Å²) in [5.74, 6) is 0. The SMILES string of the molecule is COCC1(CCN)CCCCC1. The fraction of sp³-hybridized carbons (Fsp3) is 1.00. The molecule has 72 valence electrons. The summed E-state index contributed by atoms with van der Waals surface area (Å²) in [7, 11) is 1.80. The Kier molecular flexibility index (Phi) is 4.02. The van der Waals surface area contributed by atoms with Crippen molar-refractivity contribution in [3.8, 4) is 0 Å². The van der Waals surface area contributed by atoms with Crippen LogP contribution >= 0.6 is 0 Å². The summed E-state index contributed by atoms with van der Waals surface area (Å²) >= 11 is 0. The Morgan fingerprint density at radius 3 is 2.42 bits per heavy atom. The van der Waals surface area contributed by atoms with E-state index in [4.69, 9.17) is 10.5 Å². The zero-order valence-electron chi connectivity index (χ0n) is 8.14. The number of rotatable bonds is 4. The summed E-state index contributed by atoms with van der Waals surface area (Å²) < 4.78 is 5.28. The summed E-state index contributed by atoms with van der Waals surface area (Å²) in [5.41, 5.74) is 6.05. The Bertz CT molecular complexity index is 103. The molecular formula is C10H21NO. The lowest BCUT2D eigenvalue weighted by atomic mass is 9.72. The fourth-order valence-corrected chi connectivity index (χ4v) is 2.38. The van der Waals surface area contributed by atoms with Gasteiger partial charge < -0.3 is 10.5 Å². The highest BCUT2D eigenvalue weighted by Gasteiger charge is 2.30. The summed E-state index contributed by atoms with van der Waals surface area (Å²) in [6.45, 7) is 1.72. The third kappa shape index (κ3) is 2.46. The van der Waals surface area contributed by atoms with E-state index in [0.29, 0.717) is 5.41 Å². The van der Waals surface area contributed by atoms with E-state index in [0.717, 1.165) is 19.6 Å². The van der Waals surface area contributed by atoms with Gasteiger partial charge in [0.2, 0.25) is 0 Å². The standard InChI is InChI=1S/C10H21NO/c1-12-9-10(7-8-11)5-3-2-4-6-10/h2-9,11H2,1H3. The number of hydrogen-bond donors (Lipinski definition) is 1. The van der Waals surface area contributed by atoms with Gasteiger partial charge in [-0.2, -0.15) is 0 Å². The lowest BCUT2D eigenvalue weighted by molar-refractivity contribution is 0.0436. The molecule has 2 N–H and O–H groups in total. The second-order valence-corrected chi connectivity index (χ2v) is 4.03. The van der Waals surface area contributed by atoms with Gasteiger partial charge in [0.15, 0.2) is 0 Å². The predicted octanol–water partition coefficient (Wildman–Crippen LogP) is 1.93. The van der Waals surface area contributed by atoms with E-state index in [1.165, 1.54) is 32.1 Å². The normalized spacial score (nSPS) is 22.5. The molecule has 2 heteroatoms. The first-order valence-corrected chi connectivity index (χ1v) is 5.02. The van der Waals surface area contributed by atoms with E-state index in [1.54, 1.807) is 7.11 Å². The van der Waals surface area contributed by atoms with Gasteiger partial charge in [-0.25, -0.2) is 0 Å². The molecule has 0 spiro atoms. The van der Waals surface area contributed by atoms with Crippen LogP contribution in [0.25, 0.3) is 0 Å². The van der Waals surface area contributed by atoms with Gasteiger partial charge in [0.25, 0.3) is 0 Å². The highest BCUT2D eigenvalue weighted by Crippen LogP contribution is 2.38. The van der Waals surface area contributed by atoms with Crippen LogP contribution in [0.2, 0.25) is 0 Å². The molecule has 1 fully saturated rings. The number of nitrogens with two attached hydrogens (primary N) is 1. The second kappa shape index (κ2) is 4.83. The molecule has 1 saturated carbocycles. The molecule has 0 atom stereocenters. The van der Waals surface area contributed by atoms with E-state index in [-0.39, 0.29) is 0 Å². The van der Waals surface area contributed by atoms with Gasteiger partial charge in [-0.05, 0) is 31.2 Å². The van der Waals surface area contributed by atoms with E-state index < -0.39 is 0 Å².